The molecule has 0 amide bonds. The van der Waals surface area contributed by atoms with Gasteiger partial charge in [-0.1, -0.05) is 12.1 Å². The first-order valence-electron chi connectivity index (χ1n) is 11.5. The molecule has 2 aromatic heterocycles. The van der Waals surface area contributed by atoms with Crippen LogP contribution in [0.15, 0.2) is 60.8 Å². The van der Waals surface area contributed by atoms with Crippen LogP contribution in [0.2, 0.25) is 0 Å². The van der Waals surface area contributed by atoms with Gasteiger partial charge in [-0.25, -0.2) is 4.68 Å². The first-order valence-corrected chi connectivity index (χ1v) is 11.5. The van der Waals surface area contributed by atoms with Gasteiger partial charge in [0.1, 0.15) is 0 Å². The lowest BCUT2D eigenvalue weighted by molar-refractivity contribution is -0.384. The number of nitro groups is 1. The van der Waals surface area contributed by atoms with E-state index in [1.165, 1.54) is 0 Å². The molecule has 11 nitrogen and oxygen atoms in total. The molecule has 0 radical (unpaired) electrons. The quantitative estimate of drug-likeness (QED) is 0.281. The molecule has 0 bridgehead atoms. The Labute approximate surface area is 202 Å². The number of anilines is 1. The number of nitro benzene ring substituents is 1. The first-order chi connectivity index (χ1) is 17.1. The summed E-state index contributed by atoms with van der Waals surface area (Å²) in [4.78, 5) is 19.7. The third-order valence-electron chi connectivity index (χ3n) is 6.36. The number of tetrazole rings is 1. The fourth-order valence-corrected chi connectivity index (χ4v) is 4.56. The lowest BCUT2D eigenvalue weighted by Gasteiger charge is -2.40. The van der Waals surface area contributed by atoms with Crippen molar-refractivity contribution in [3.8, 4) is 0 Å². The molecule has 4 aromatic rings. The molecule has 0 aliphatic carbocycles. The first kappa shape index (κ1) is 22.8. The van der Waals surface area contributed by atoms with Gasteiger partial charge in [-0.15, -0.1) is 5.10 Å². The smallest absolute Gasteiger partial charge is 0.269 e. The van der Waals surface area contributed by atoms with Crippen molar-refractivity contribution in [3.63, 3.8) is 0 Å². The summed E-state index contributed by atoms with van der Waals surface area (Å²) in [5, 5.41) is 24.6. The van der Waals surface area contributed by atoms with Crippen molar-refractivity contribution in [1.82, 2.24) is 30.1 Å². The SMILES string of the molecule is COCCn1nnnc1C(c1ccc2ncccc2c1)N1CCN(c2ccc([N+](=O)[O-])cc2)CC1. The van der Waals surface area contributed by atoms with Gasteiger partial charge in [0.2, 0.25) is 0 Å². The average Bonchev–Trinajstić information content (AvgIpc) is 3.36. The van der Waals surface area contributed by atoms with Crippen molar-refractivity contribution in [3.05, 3.63) is 82.3 Å². The number of pyridine rings is 1. The zero-order valence-corrected chi connectivity index (χ0v) is 19.4. The third-order valence-corrected chi connectivity index (χ3v) is 6.36. The van der Waals surface area contributed by atoms with Crippen molar-refractivity contribution < 1.29 is 9.66 Å². The summed E-state index contributed by atoms with van der Waals surface area (Å²) in [6, 6.07) is 16.9. The zero-order valence-electron chi connectivity index (χ0n) is 19.4. The molecule has 0 saturated carbocycles. The Morgan fingerprint density at radius 1 is 1.09 bits per heavy atom. The largest absolute Gasteiger partial charge is 0.383 e. The van der Waals surface area contributed by atoms with Crippen LogP contribution in [0.25, 0.3) is 10.9 Å². The van der Waals surface area contributed by atoms with Crippen molar-refractivity contribution in [2.45, 2.75) is 12.6 Å². The molecule has 2 aromatic carbocycles. The molecular weight excluding hydrogens is 448 g/mol. The van der Waals surface area contributed by atoms with E-state index in [1.54, 1.807) is 25.4 Å². The van der Waals surface area contributed by atoms with E-state index in [9.17, 15) is 10.1 Å². The van der Waals surface area contributed by atoms with Crippen molar-refractivity contribution >= 4 is 22.3 Å². The van der Waals surface area contributed by atoms with Gasteiger partial charge in [-0.05, 0) is 46.3 Å². The number of nitrogens with zero attached hydrogens (tertiary/aromatic N) is 8. The maximum Gasteiger partial charge on any atom is 0.269 e. The highest BCUT2D eigenvalue weighted by molar-refractivity contribution is 5.79. The number of hydrogen-bond acceptors (Lipinski definition) is 9. The number of non-ortho nitro benzene ring substituents is 1. The predicted octanol–water partition coefficient (Wildman–Crippen LogP) is 2.69. The maximum absolute atomic E-state index is 11.0. The highest BCUT2D eigenvalue weighted by Gasteiger charge is 2.31. The summed E-state index contributed by atoms with van der Waals surface area (Å²) in [7, 11) is 1.66. The second-order valence-corrected chi connectivity index (χ2v) is 8.41. The van der Waals surface area contributed by atoms with Crippen molar-refractivity contribution in [2.75, 3.05) is 44.8 Å². The highest BCUT2D eigenvalue weighted by Crippen LogP contribution is 2.31. The Kier molecular flexibility index (Phi) is 6.59. The summed E-state index contributed by atoms with van der Waals surface area (Å²) in [5.41, 5.74) is 3.12. The standard InChI is InChI=1S/C24H26N8O3/c1-35-16-15-31-24(26-27-28-31)23(19-4-9-22-18(17-19)3-2-10-25-22)30-13-11-29(12-14-30)20-5-7-21(8-6-20)32(33)34/h2-10,17,23H,11-16H2,1H3. The van der Waals surface area contributed by atoms with Crippen LogP contribution in [-0.4, -0.2) is 74.9 Å². The minimum absolute atomic E-state index is 0.0983. The molecule has 1 aliphatic heterocycles. The van der Waals surface area contributed by atoms with Gasteiger partial charge in [-0.2, -0.15) is 0 Å². The molecular formula is C24H26N8O3. The molecule has 1 aliphatic rings. The molecule has 11 heteroatoms. The molecule has 1 saturated heterocycles. The fraction of sp³-hybridized carbons (Fsp3) is 0.333. The Hall–Kier alpha value is -3.96. The normalized spacial score (nSPS) is 15.4. The van der Waals surface area contributed by atoms with Crippen LogP contribution in [0.4, 0.5) is 11.4 Å². The molecule has 180 valence electrons. The minimum Gasteiger partial charge on any atom is -0.383 e. The Morgan fingerprint density at radius 3 is 2.63 bits per heavy atom. The molecule has 35 heavy (non-hydrogen) atoms. The fourth-order valence-electron chi connectivity index (χ4n) is 4.56. The van der Waals surface area contributed by atoms with Gasteiger partial charge in [0.15, 0.2) is 5.82 Å². The summed E-state index contributed by atoms with van der Waals surface area (Å²) in [6.45, 7) is 4.20. The lowest BCUT2D eigenvalue weighted by atomic mass is 10.0. The molecule has 1 fully saturated rings. The number of piperazine rings is 1. The van der Waals surface area contributed by atoms with E-state index >= 15 is 0 Å². The monoisotopic (exact) mass is 474 g/mol. The number of hydrogen-bond donors (Lipinski definition) is 0. The second kappa shape index (κ2) is 10.1. The van der Waals surface area contributed by atoms with E-state index < -0.39 is 0 Å². The third kappa shape index (κ3) is 4.81. The van der Waals surface area contributed by atoms with Gasteiger partial charge >= 0.3 is 0 Å². The van der Waals surface area contributed by atoms with E-state index in [1.807, 2.05) is 28.9 Å². The van der Waals surface area contributed by atoms with Crippen LogP contribution in [0.3, 0.4) is 0 Å². The van der Waals surface area contributed by atoms with Crippen molar-refractivity contribution in [1.29, 1.82) is 0 Å². The number of methoxy groups -OCH3 is 1. The predicted molar refractivity (Wildman–Crippen MR) is 130 cm³/mol. The Bertz CT molecular complexity index is 1300. The van der Waals surface area contributed by atoms with Gasteiger partial charge in [0, 0.05) is 62.7 Å². The Balaban J connectivity index is 1.42. The Morgan fingerprint density at radius 2 is 1.89 bits per heavy atom. The average molecular weight is 475 g/mol. The van der Waals surface area contributed by atoms with E-state index in [4.69, 9.17) is 4.74 Å². The van der Waals surface area contributed by atoms with E-state index in [-0.39, 0.29) is 16.7 Å². The lowest BCUT2D eigenvalue weighted by Crippen LogP contribution is -2.48. The maximum atomic E-state index is 11.0. The molecule has 0 N–H and O–H groups in total. The van der Waals surface area contributed by atoms with E-state index in [0.29, 0.717) is 13.2 Å². The number of fused-ring (bicyclic) bond motifs is 1. The molecule has 1 atom stereocenters. The zero-order chi connectivity index (χ0) is 24.2. The van der Waals surface area contributed by atoms with Crippen LogP contribution in [0.1, 0.15) is 17.4 Å². The summed E-state index contributed by atoms with van der Waals surface area (Å²) in [5.74, 6) is 0.772. The van der Waals surface area contributed by atoms with Gasteiger partial charge in [0.25, 0.3) is 5.69 Å². The number of ether oxygens (including phenoxy) is 1. The van der Waals surface area contributed by atoms with Crippen LogP contribution >= 0.6 is 0 Å². The topological polar surface area (TPSA) is 115 Å². The van der Waals surface area contributed by atoms with Gasteiger partial charge in [-0.3, -0.25) is 20.0 Å². The van der Waals surface area contributed by atoms with Crippen LogP contribution in [0, 0.1) is 10.1 Å². The van der Waals surface area contributed by atoms with Gasteiger partial charge < -0.3 is 9.64 Å². The highest BCUT2D eigenvalue weighted by atomic mass is 16.6. The van der Waals surface area contributed by atoms with Crippen LogP contribution < -0.4 is 4.90 Å². The number of aromatic nitrogens is 5. The van der Waals surface area contributed by atoms with Crippen molar-refractivity contribution in [2.24, 2.45) is 0 Å². The molecule has 5 rings (SSSR count). The second-order valence-electron chi connectivity index (χ2n) is 8.41. The van der Waals surface area contributed by atoms with E-state index in [2.05, 4.69) is 48.5 Å². The summed E-state index contributed by atoms with van der Waals surface area (Å²) >= 11 is 0. The van der Waals surface area contributed by atoms with E-state index in [0.717, 1.165) is 54.2 Å². The number of benzene rings is 2. The number of rotatable bonds is 8. The van der Waals surface area contributed by atoms with Gasteiger partial charge in [0.05, 0.1) is 29.6 Å². The summed E-state index contributed by atoms with van der Waals surface area (Å²) < 4.78 is 7.07. The minimum atomic E-state index is -0.376. The molecule has 0 spiro atoms. The summed E-state index contributed by atoms with van der Waals surface area (Å²) in [6.07, 6.45) is 1.79. The molecule has 3 heterocycles. The molecule has 1 unspecified atom stereocenters. The van der Waals surface area contributed by atoms with Crippen LogP contribution in [0.5, 0.6) is 0 Å². The van der Waals surface area contributed by atoms with Crippen LogP contribution in [-0.2, 0) is 11.3 Å².